The second-order valence-corrected chi connectivity index (χ2v) is 9.02. The van der Waals surface area contributed by atoms with Gasteiger partial charge in [0.05, 0.1) is 5.69 Å². The first-order valence-corrected chi connectivity index (χ1v) is 11.1. The summed E-state index contributed by atoms with van der Waals surface area (Å²) in [5.74, 6) is -0.791. The van der Waals surface area contributed by atoms with Crippen molar-refractivity contribution >= 4 is 29.1 Å². The summed E-state index contributed by atoms with van der Waals surface area (Å²) in [5.41, 5.74) is 3.87. The van der Waals surface area contributed by atoms with E-state index in [0.29, 0.717) is 31.6 Å². The molecular formula is C21H23N5O3S. The molecule has 2 aromatic rings. The number of benzene rings is 1. The Morgan fingerprint density at radius 1 is 1.20 bits per heavy atom. The number of imide groups is 1. The van der Waals surface area contributed by atoms with E-state index in [1.807, 2.05) is 18.2 Å². The smallest absolute Gasteiger partial charge is 0.255 e. The van der Waals surface area contributed by atoms with E-state index in [9.17, 15) is 14.4 Å². The second kappa shape index (κ2) is 7.90. The highest BCUT2D eigenvalue weighted by Crippen LogP contribution is 2.30. The Labute approximate surface area is 178 Å². The van der Waals surface area contributed by atoms with E-state index in [1.54, 1.807) is 16.2 Å². The van der Waals surface area contributed by atoms with Crippen LogP contribution in [0.2, 0.25) is 0 Å². The zero-order valence-electron chi connectivity index (χ0n) is 16.5. The number of hydrogen-bond acceptors (Lipinski definition) is 7. The summed E-state index contributed by atoms with van der Waals surface area (Å²) in [5, 5.41) is 10.3. The number of piperidine rings is 1. The molecule has 1 fully saturated rings. The van der Waals surface area contributed by atoms with Crippen LogP contribution in [0, 0.1) is 0 Å². The molecule has 4 heterocycles. The number of rotatable bonds is 5. The first kappa shape index (κ1) is 19.3. The van der Waals surface area contributed by atoms with Crippen LogP contribution < -0.4 is 16.0 Å². The number of nitrogens with one attached hydrogen (secondary N) is 3. The quantitative estimate of drug-likeness (QED) is 0.614. The van der Waals surface area contributed by atoms with Gasteiger partial charge in [-0.2, -0.15) is 0 Å². The summed E-state index contributed by atoms with van der Waals surface area (Å²) in [6.07, 6.45) is 1.62. The van der Waals surface area contributed by atoms with Crippen molar-refractivity contribution < 1.29 is 14.4 Å². The number of fused-ring (bicyclic) bond motifs is 2. The van der Waals surface area contributed by atoms with E-state index in [2.05, 4.69) is 16.0 Å². The molecule has 3 N–H and O–H groups in total. The van der Waals surface area contributed by atoms with E-state index < -0.39 is 6.04 Å². The molecule has 5 rings (SSSR count). The van der Waals surface area contributed by atoms with Gasteiger partial charge < -0.3 is 15.5 Å². The number of aromatic nitrogens is 1. The summed E-state index contributed by atoms with van der Waals surface area (Å²) in [4.78, 5) is 44.2. The van der Waals surface area contributed by atoms with Crippen molar-refractivity contribution in [3.8, 4) is 0 Å². The predicted molar refractivity (Wildman–Crippen MR) is 111 cm³/mol. The summed E-state index contributed by atoms with van der Waals surface area (Å²) in [6, 6.07) is 5.13. The molecule has 0 bridgehead atoms. The first-order valence-electron chi connectivity index (χ1n) is 10.2. The van der Waals surface area contributed by atoms with Gasteiger partial charge >= 0.3 is 0 Å². The van der Waals surface area contributed by atoms with Gasteiger partial charge in [0.25, 0.3) is 5.91 Å². The molecule has 3 amide bonds. The molecule has 3 aliphatic rings. The lowest BCUT2D eigenvalue weighted by Crippen LogP contribution is -2.52. The molecule has 1 atom stereocenters. The molecule has 1 saturated heterocycles. The van der Waals surface area contributed by atoms with Crippen LogP contribution in [0.3, 0.4) is 0 Å². The molecule has 9 heteroatoms. The highest BCUT2D eigenvalue weighted by molar-refractivity contribution is 7.11. The van der Waals surface area contributed by atoms with Gasteiger partial charge in [-0.15, -0.1) is 11.3 Å². The molecule has 0 spiro atoms. The van der Waals surface area contributed by atoms with Crippen LogP contribution in [-0.4, -0.2) is 40.2 Å². The third-order valence-corrected chi connectivity index (χ3v) is 7.02. The highest BCUT2D eigenvalue weighted by atomic mass is 32.1. The minimum atomic E-state index is -0.585. The van der Waals surface area contributed by atoms with E-state index in [-0.39, 0.29) is 24.1 Å². The average Bonchev–Trinajstić information content (AvgIpc) is 3.30. The third-order valence-electron chi connectivity index (χ3n) is 5.92. The summed E-state index contributed by atoms with van der Waals surface area (Å²) < 4.78 is 0. The minimum absolute atomic E-state index is 0.138. The van der Waals surface area contributed by atoms with Crippen molar-refractivity contribution in [1.82, 2.24) is 25.8 Å². The molecule has 3 aliphatic heterocycles. The topological polar surface area (TPSA) is 103 Å². The average molecular weight is 426 g/mol. The molecule has 0 radical (unpaired) electrons. The van der Waals surface area contributed by atoms with E-state index in [4.69, 9.17) is 4.98 Å². The lowest BCUT2D eigenvalue weighted by molar-refractivity contribution is -0.136. The fourth-order valence-corrected chi connectivity index (χ4v) is 5.43. The van der Waals surface area contributed by atoms with Gasteiger partial charge in [0, 0.05) is 56.0 Å². The van der Waals surface area contributed by atoms with Crippen molar-refractivity contribution in [3.05, 3.63) is 50.5 Å². The van der Waals surface area contributed by atoms with Crippen LogP contribution in [0.15, 0.2) is 18.2 Å². The lowest BCUT2D eigenvalue weighted by atomic mass is 10.0. The number of carbonyl (C=O) groups is 3. The Kier molecular flexibility index (Phi) is 5.10. The highest BCUT2D eigenvalue weighted by Gasteiger charge is 2.39. The standard InChI is InChI=1S/C21H23N5O3S/c27-18-5-4-16(20(28)25-18)26-11-14-12(2-1-3-13(14)21(26)29)8-23-10-19-24-15-6-7-22-9-17(15)30-19/h1-3,16,22-23H,4-11H2,(H,25,27,28). The van der Waals surface area contributed by atoms with Crippen molar-refractivity contribution in [1.29, 1.82) is 0 Å². The summed E-state index contributed by atoms with van der Waals surface area (Å²) >= 11 is 1.75. The SMILES string of the molecule is O=C1CCC(N2Cc3c(CNCc4nc5c(s4)CNCC5)cccc3C2=O)C(=O)N1. The second-order valence-electron chi connectivity index (χ2n) is 7.85. The first-order chi connectivity index (χ1) is 14.6. The Hall–Kier alpha value is -2.62. The maximum Gasteiger partial charge on any atom is 0.255 e. The zero-order chi connectivity index (χ0) is 20.7. The number of hydrogen-bond donors (Lipinski definition) is 3. The van der Waals surface area contributed by atoms with E-state index in [1.165, 1.54) is 10.6 Å². The molecule has 1 unspecified atom stereocenters. The van der Waals surface area contributed by atoms with Gasteiger partial charge in [0.15, 0.2) is 0 Å². The van der Waals surface area contributed by atoms with Crippen LogP contribution in [0.25, 0.3) is 0 Å². The van der Waals surface area contributed by atoms with Crippen LogP contribution in [-0.2, 0) is 42.2 Å². The number of carbonyl (C=O) groups excluding carboxylic acids is 3. The number of amides is 3. The maximum atomic E-state index is 12.9. The minimum Gasteiger partial charge on any atom is -0.322 e. The molecule has 30 heavy (non-hydrogen) atoms. The molecule has 8 nitrogen and oxygen atoms in total. The van der Waals surface area contributed by atoms with Crippen LogP contribution in [0.4, 0.5) is 0 Å². The van der Waals surface area contributed by atoms with Gasteiger partial charge in [-0.05, 0) is 23.6 Å². The van der Waals surface area contributed by atoms with Crippen LogP contribution in [0.1, 0.15) is 49.9 Å². The van der Waals surface area contributed by atoms with Gasteiger partial charge in [0.2, 0.25) is 11.8 Å². The zero-order valence-corrected chi connectivity index (χ0v) is 17.3. The Balaban J connectivity index is 1.27. The van der Waals surface area contributed by atoms with E-state index >= 15 is 0 Å². The molecule has 156 valence electrons. The molecule has 1 aromatic carbocycles. The van der Waals surface area contributed by atoms with Crippen LogP contribution in [0.5, 0.6) is 0 Å². The summed E-state index contributed by atoms with van der Waals surface area (Å²) in [6.45, 7) is 3.60. The lowest BCUT2D eigenvalue weighted by Gasteiger charge is -2.29. The van der Waals surface area contributed by atoms with Crippen molar-refractivity contribution in [2.45, 2.75) is 51.5 Å². The molecule has 0 aliphatic carbocycles. The normalized spacial score (nSPS) is 20.9. The predicted octanol–water partition coefficient (Wildman–Crippen LogP) is 0.840. The molecule has 0 saturated carbocycles. The van der Waals surface area contributed by atoms with Gasteiger partial charge in [-0.25, -0.2) is 4.98 Å². The number of nitrogens with zero attached hydrogens (tertiary/aromatic N) is 2. The Morgan fingerprint density at radius 2 is 2.10 bits per heavy atom. The maximum absolute atomic E-state index is 12.9. The van der Waals surface area contributed by atoms with Crippen LogP contribution >= 0.6 is 11.3 Å². The van der Waals surface area contributed by atoms with Gasteiger partial charge in [-0.3, -0.25) is 19.7 Å². The Morgan fingerprint density at radius 3 is 2.93 bits per heavy atom. The van der Waals surface area contributed by atoms with Gasteiger partial charge in [0.1, 0.15) is 11.0 Å². The largest absolute Gasteiger partial charge is 0.322 e. The Bertz CT molecular complexity index is 1010. The van der Waals surface area contributed by atoms with Crippen molar-refractivity contribution in [2.75, 3.05) is 6.54 Å². The van der Waals surface area contributed by atoms with Gasteiger partial charge in [-0.1, -0.05) is 12.1 Å². The summed E-state index contributed by atoms with van der Waals surface area (Å²) in [7, 11) is 0. The number of thiazole rings is 1. The fraction of sp³-hybridized carbons (Fsp3) is 0.429. The third kappa shape index (κ3) is 3.53. The van der Waals surface area contributed by atoms with Crippen molar-refractivity contribution in [2.24, 2.45) is 0 Å². The molecule has 1 aromatic heterocycles. The fourth-order valence-electron chi connectivity index (χ4n) is 4.37. The monoisotopic (exact) mass is 425 g/mol. The van der Waals surface area contributed by atoms with Crippen molar-refractivity contribution in [3.63, 3.8) is 0 Å². The van der Waals surface area contributed by atoms with E-state index in [0.717, 1.165) is 35.6 Å². The molecular weight excluding hydrogens is 402 g/mol.